The van der Waals surface area contributed by atoms with E-state index in [1.54, 1.807) is 0 Å². The number of hydrogen-bond donors (Lipinski definition) is 2. The number of rotatable bonds is 5. The summed E-state index contributed by atoms with van der Waals surface area (Å²) >= 11 is 0. The molecule has 7 nitrogen and oxygen atoms in total. The Morgan fingerprint density at radius 2 is 1.80 bits per heavy atom. The molecular formula is C20H29F3N4O3. The van der Waals surface area contributed by atoms with Crippen molar-refractivity contribution in [2.45, 2.75) is 69.2 Å². The molecule has 2 fully saturated rings. The Labute approximate surface area is 173 Å². The summed E-state index contributed by atoms with van der Waals surface area (Å²) in [5.74, 6) is -1.31. The molecule has 2 amide bonds. The van der Waals surface area contributed by atoms with Gasteiger partial charge in [-0.1, -0.05) is 19.3 Å². The number of hydrogen-bond acceptors (Lipinski definition) is 4. The molecule has 168 valence electrons. The van der Waals surface area contributed by atoms with Gasteiger partial charge in [0, 0.05) is 44.5 Å². The molecule has 1 aromatic rings. The molecule has 3 rings (SSSR count). The van der Waals surface area contributed by atoms with E-state index >= 15 is 0 Å². The number of aryl methyl sites for hydroxylation is 1. The molecule has 2 N–H and O–H groups in total. The molecule has 1 aromatic heterocycles. The third-order valence-corrected chi connectivity index (χ3v) is 6.24. The minimum atomic E-state index is -5.05. The highest BCUT2D eigenvalue weighted by Gasteiger charge is 2.59. The number of alkyl halides is 3. The number of piperidine rings is 1. The van der Waals surface area contributed by atoms with Crippen LogP contribution in [0, 0.1) is 5.92 Å². The van der Waals surface area contributed by atoms with Crippen LogP contribution in [0.15, 0.2) is 12.4 Å². The summed E-state index contributed by atoms with van der Waals surface area (Å²) in [4.78, 5) is 29.9. The van der Waals surface area contributed by atoms with Crippen LogP contribution in [0.4, 0.5) is 13.2 Å². The van der Waals surface area contributed by atoms with Crippen molar-refractivity contribution in [3.8, 4) is 0 Å². The predicted molar refractivity (Wildman–Crippen MR) is 102 cm³/mol. The molecule has 1 saturated carbocycles. The Morgan fingerprint density at radius 3 is 2.33 bits per heavy atom. The fourth-order valence-corrected chi connectivity index (χ4v) is 4.36. The van der Waals surface area contributed by atoms with E-state index in [0.29, 0.717) is 12.8 Å². The summed E-state index contributed by atoms with van der Waals surface area (Å²) in [6.07, 6.45) is 2.30. The van der Waals surface area contributed by atoms with Gasteiger partial charge in [0.25, 0.3) is 0 Å². The Hall–Kier alpha value is -2.10. The molecule has 0 spiro atoms. The minimum absolute atomic E-state index is 0.0398. The number of imidazole rings is 1. The van der Waals surface area contributed by atoms with Gasteiger partial charge >= 0.3 is 6.18 Å². The van der Waals surface area contributed by atoms with Crippen LogP contribution in [-0.2, 0) is 22.2 Å². The summed E-state index contributed by atoms with van der Waals surface area (Å²) in [7, 11) is 1.34. The molecule has 2 aliphatic rings. The molecule has 10 heteroatoms. The van der Waals surface area contributed by atoms with Crippen LogP contribution in [0.2, 0.25) is 0 Å². The molecule has 0 aromatic carbocycles. The summed E-state index contributed by atoms with van der Waals surface area (Å²) < 4.78 is 42.0. The van der Waals surface area contributed by atoms with Gasteiger partial charge in [-0.05, 0) is 25.7 Å². The molecule has 0 bridgehead atoms. The van der Waals surface area contributed by atoms with Crippen molar-refractivity contribution in [1.29, 1.82) is 0 Å². The first-order valence-electron chi connectivity index (χ1n) is 10.5. The van der Waals surface area contributed by atoms with Gasteiger partial charge in [-0.15, -0.1) is 0 Å². The number of aromatic nitrogens is 2. The first-order valence-corrected chi connectivity index (χ1v) is 10.5. The maximum Gasteiger partial charge on any atom is 0.425 e. The summed E-state index contributed by atoms with van der Waals surface area (Å²) in [5.41, 5.74) is -3.35. The van der Waals surface area contributed by atoms with Gasteiger partial charge in [0.15, 0.2) is 5.82 Å². The highest BCUT2D eigenvalue weighted by molar-refractivity contribution is 5.79. The highest BCUT2D eigenvalue weighted by Crippen LogP contribution is 2.41. The number of carbonyl (C=O) groups is 2. The smallest absolute Gasteiger partial charge is 0.374 e. The second-order valence-corrected chi connectivity index (χ2v) is 8.40. The quantitative estimate of drug-likeness (QED) is 0.750. The average Bonchev–Trinajstić information content (AvgIpc) is 3.14. The lowest BCUT2D eigenvalue weighted by Crippen LogP contribution is -2.51. The zero-order chi connectivity index (χ0) is 21.9. The van der Waals surface area contributed by atoms with Crippen LogP contribution in [0.25, 0.3) is 0 Å². The molecule has 2 heterocycles. The van der Waals surface area contributed by atoms with E-state index in [9.17, 15) is 27.9 Å². The molecule has 1 aliphatic carbocycles. The lowest BCUT2D eigenvalue weighted by Gasteiger charge is -2.36. The molecule has 1 atom stereocenters. The van der Waals surface area contributed by atoms with Gasteiger partial charge < -0.3 is 19.9 Å². The van der Waals surface area contributed by atoms with Crippen LogP contribution in [-0.4, -0.2) is 56.7 Å². The topological polar surface area (TPSA) is 87.5 Å². The number of halogens is 3. The number of amides is 2. The lowest BCUT2D eigenvalue weighted by molar-refractivity contribution is -0.272. The molecule has 30 heavy (non-hydrogen) atoms. The third kappa shape index (κ3) is 4.79. The largest absolute Gasteiger partial charge is 0.425 e. The third-order valence-electron chi connectivity index (χ3n) is 6.24. The van der Waals surface area contributed by atoms with Crippen molar-refractivity contribution >= 4 is 11.8 Å². The average molecular weight is 430 g/mol. The Morgan fingerprint density at radius 1 is 1.17 bits per heavy atom. The molecule has 0 radical (unpaired) electrons. The number of carbonyl (C=O) groups excluding carboxylic acids is 2. The summed E-state index contributed by atoms with van der Waals surface area (Å²) in [5, 5.41) is 13.4. The van der Waals surface area contributed by atoms with Crippen LogP contribution in [0.1, 0.15) is 57.2 Å². The van der Waals surface area contributed by atoms with Crippen LogP contribution in [0.5, 0.6) is 0 Å². The van der Waals surface area contributed by atoms with Crippen LogP contribution >= 0.6 is 0 Å². The lowest BCUT2D eigenvalue weighted by atomic mass is 9.88. The monoisotopic (exact) mass is 430 g/mol. The minimum Gasteiger partial charge on any atom is -0.374 e. The second-order valence-electron chi connectivity index (χ2n) is 8.40. The van der Waals surface area contributed by atoms with Crippen molar-refractivity contribution in [2.75, 3.05) is 13.1 Å². The highest BCUT2D eigenvalue weighted by atomic mass is 19.4. The number of nitrogens with zero attached hydrogens (tertiary/aromatic N) is 3. The zero-order valence-corrected chi connectivity index (χ0v) is 17.1. The Balaban J connectivity index is 1.56. The molecular weight excluding hydrogens is 401 g/mol. The normalized spacial score (nSPS) is 21.3. The Bertz CT molecular complexity index is 753. The maximum atomic E-state index is 13.6. The molecule has 1 saturated heterocycles. The SMILES string of the molecule is Cn1ccnc1C(O)(CC(=O)N1CCC(NC(=O)C2CCCCC2)CC1)C(F)(F)F. The van der Waals surface area contributed by atoms with E-state index in [0.717, 1.165) is 42.9 Å². The molecule has 1 aliphatic heterocycles. The second kappa shape index (κ2) is 8.95. The van der Waals surface area contributed by atoms with Crippen molar-refractivity contribution in [2.24, 2.45) is 13.0 Å². The zero-order valence-electron chi connectivity index (χ0n) is 17.1. The van der Waals surface area contributed by atoms with Crippen molar-refractivity contribution < 1.29 is 27.9 Å². The Kier molecular flexibility index (Phi) is 6.74. The van der Waals surface area contributed by atoms with E-state index < -0.39 is 29.9 Å². The van der Waals surface area contributed by atoms with Crippen LogP contribution < -0.4 is 5.32 Å². The van der Waals surface area contributed by atoms with Gasteiger partial charge in [0.05, 0.1) is 6.42 Å². The van der Waals surface area contributed by atoms with E-state index in [1.807, 2.05) is 0 Å². The van der Waals surface area contributed by atoms with E-state index in [2.05, 4.69) is 10.3 Å². The van der Waals surface area contributed by atoms with Gasteiger partial charge in [-0.3, -0.25) is 9.59 Å². The maximum absolute atomic E-state index is 13.6. The van der Waals surface area contributed by atoms with E-state index in [1.165, 1.54) is 18.1 Å². The number of likely N-dealkylation sites (tertiary alicyclic amines) is 1. The number of nitrogens with one attached hydrogen (secondary N) is 1. The van der Waals surface area contributed by atoms with Gasteiger partial charge in [0.2, 0.25) is 17.4 Å². The fourth-order valence-electron chi connectivity index (χ4n) is 4.36. The van der Waals surface area contributed by atoms with E-state index in [4.69, 9.17) is 0 Å². The summed E-state index contributed by atoms with van der Waals surface area (Å²) in [6, 6.07) is -0.0838. The van der Waals surface area contributed by atoms with Crippen molar-refractivity contribution in [1.82, 2.24) is 19.8 Å². The standard InChI is InChI=1S/C20H29F3N4O3/c1-26-12-9-24-18(26)19(30,20(21,22)23)13-16(28)27-10-7-15(8-11-27)25-17(29)14-5-3-2-4-6-14/h9,12,14-15,30H,2-8,10-11,13H2,1H3,(H,25,29). The van der Waals surface area contributed by atoms with Gasteiger partial charge in [-0.25, -0.2) is 4.98 Å². The first kappa shape index (κ1) is 22.6. The van der Waals surface area contributed by atoms with Crippen LogP contribution in [0.3, 0.4) is 0 Å². The fraction of sp³-hybridized carbons (Fsp3) is 0.750. The van der Waals surface area contributed by atoms with Gasteiger partial charge in [0.1, 0.15) is 0 Å². The molecule has 1 unspecified atom stereocenters. The van der Waals surface area contributed by atoms with E-state index in [-0.39, 0.29) is 31.0 Å². The van der Waals surface area contributed by atoms with Gasteiger partial charge in [-0.2, -0.15) is 13.2 Å². The van der Waals surface area contributed by atoms with Crippen molar-refractivity contribution in [3.05, 3.63) is 18.2 Å². The predicted octanol–water partition coefficient (Wildman–Crippen LogP) is 2.25. The van der Waals surface area contributed by atoms with Crippen molar-refractivity contribution in [3.63, 3.8) is 0 Å². The summed E-state index contributed by atoms with van der Waals surface area (Å²) in [6.45, 7) is 0.478. The first-order chi connectivity index (χ1) is 14.1. The number of aliphatic hydroxyl groups is 1.